The summed E-state index contributed by atoms with van der Waals surface area (Å²) in [6, 6.07) is 0. The molecular formula is C11H20ClN3O. The van der Waals surface area contributed by atoms with Crippen LogP contribution in [-0.4, -0.2) is 36.6 Å². The normalized spacial score (nSPS) is 11.0. The third-order valence-corrected chi connectivity index (χ3v) is 3.00. The van der Waals surface area contributed by atoms with Gasteiger partial charge in [-0.05, 0) is 26.3 Å². The van der Waals surface area contributed by atoms with E-state index >= 15 is 0 Å². The molecule has 0 aromatic carbocycles. The number of nitrogens with one attached hydrogen (secondary N) is 1. The molecule has 1 rings (SSSR count). The lowest BCUT2D eigenvalue weighted by molar-refractivity contribution is 0.199. The van der Waals surface area contributed by atoms with Crippen LogP contribution in [0, 0.1) is 6.92 Å². The fraction of sp³-hybridized carbons (Fsp3) is 0.727. The number of halogens is 1. The summed E-state index contributed by atoms with van der Waals surface area (Å²) in [5, 5.41) is 8.39. The molecule has 0 saturated heterocycles. The van der Waals surface area contributed by atoms with E-state index in [2.05, 4.69) is 10.4 Å². The molecule has 4 nitrogen and oxygen atoms in total. The zero-order chi connectivity index (χ0) is 12.0. The van der Waals surface area contributed by atoms with Crippen molar-refractivity contribution in [3.05, 3.63) is 16.4 Å². The highest BCUT2D eigenvalue weighted by Gasteiger charge is 2.09. The van der Waals surface area contributed by atoms with Gasteiger partial charge in [-0.1, -0.05) is 11.6 Å². The first kappa shape index (κ1) is 13.5. The van der Waals surface area contributed by atoms with Crippen molar-refractivity contribution in [2.75, 3.05) is 26.8 Å². The lowest BCUT2D eigenvalue weighted by atomic mass is 10.2. The average Bonchev–Trinajstić information content (AvgIpc) is 2.49. The zero-order valence-corrected chi connectivity index (χ0v) is 11.0. The summed E-state index contributed by atoms with van der Waals surface area (Å²) >= 11 is 6.15. The monoisotopic (exact) mass is 245 g/mol. The fourth-order valence-corrected chi connectivity index (χ4v) is 1.89. The minimum Gasteiger partial charge on any atom is -0.383 e. The molecular weight excluding hydrogens is 226 g/mol. The maximum Gasteiger partial charge on any atom is 0.0846 e. The highest BCUT2D eigenvalue weighted by molar-refractivity contribution is 6.31. The highest BCUT2D eigenvalue weighted by Crippen LogP contribution is 2.20. The van der Waals surface area contributed by atoms with Crippen molar-refractivity contribution in [3.8, 4) is 0 Å². The molecule has 16 heavy (non-hydrogen) atoms. The Morgan fingerprint density at radius 3 is 2.75 bits per heavy atom. The van der Waals surface area contributed by atoms with Gasteiger partial charge in [0.05, 0.1) is 23.0 Å². The second kappa shape index (κ2) is 6.89. The quantitative estimate of drug-likeness (QED) is 0.741. The number of nitrogens with zero attached hydrogens (tertiary/aromatic N) is 2. The number of hydrogen-bond donors (Lipinski definition) is 1. The van der Waals surface area contributed by atoms with Gasteiger partial charge in [0, 0.05) is 20.7 Å². The molecule has 1 N–H and O–H groups in total. The van der Waals surface area contributed by atoms with Gasteiger partial charge >= 0.3 is 0 Å². The van der Waals surface area contributed by atoms with Crippen molar-refractivity contribution in [2.24, 2.45) is 7.05 Å². The zero-order valence-electron chi connectivity index (χ0n) is 10.2. The molecule has 92 valence electrons. The van der Waals surface area contributed by atoms with E-state index in [-0.39, 0.29) is 0 Å². The average molecular weight is 246 g/mol. The Labute approximate surface area is 102 Å². The van der Waals surface area contributed by atoms with Gasteiger partial charge in [-0.15, -0.1) is 0 Å². The summed E-state index contributed by atoms with van der Waals surface area (Å²) in [5.74, 6) is 0. The van der Waals surface area contributed by atoms with Crippen LogP contribution in [0.15, 0.2) is 0 Å². The van der Waals surface area contributed by atoms with E-state index in [4.69, 9.17) is 16.3 Å². The Hall–Kier alpha value is -0.580. The summed E-state index contributed by atoms with van der Waals surface area (Å²) in [5.41, 5.74) is 2.03. The number of ether oxygens (including phenoxy) is 1. The van der Waals surface area contributed by atoms with Crippen molar-refractivity contribution >= 4 is 11.6 Å². The molecule has 0 fully saturated rings. The molecule has 0 amide bonds. The summed E-state index contributed by atoms with van der Waals surface area (Å²) in [6.45, 7) is 4.56. The van der Waals surface area contributed by atoms with E-state index in [1.54, 1.807) is 7.11 Å². The highest BCUT2D eigenvalue weighted by atomic mass is 35.5. The molecule has 0 aliphatic carbocycles. The molecule has 0 saturated carbocycles. The third kappa shape index (κ3) is 3.77. The van der Waals surface area contributed by atoms with Crippen molar-refractivity contribution in [3.63, 3.8) is 0 Å². The van der Waals surface area contributed by atoms with Crippen LogP contribution in [-0.2, 0) is 18.2 Å². The smallest absolute Gasteiger partial charge is 0.0846 e. The SMILES string of the molecule is COCCNCCCc1c(Cl)c(C)nn1C. The van der Waals surface area contributed by atoms with E-state index in [1.165, 1.54) is 0 Å². The molecule has 0 unspecified atom stereocenters. The first-order valence-electron chi connectivity index (χ1n) is 5.54. The van der Waals surface area contributed by atoms with Gasteiger partial charge in [0.2, 0.25) is 0 Å². The second-order valence-electron chi connectivity index (χ2n) is 3.82. The van der Waals surface area contributed by atoms with Gasteiger partial charge in [0.25, 0.3) is 0 Å². The summed E-state index contributed by atoms with van der Waals surface area (Å²) < 4.78 is 6.82. The molecule has 0 radical (unpaired) electrons. The Bertz CT molecular complexity index is 325. The topological polar surface area (TPSA) is 39.1 Å². The molecule has 1 heterocycles. The number of aryl methyl sites for hydroxylation is 2. The van der Waals surface area contributed by atoms with Crippen molar-refractivity contribution in [1.82, 2.24) is 15.1 Å². The van der Waals surface area contributed by atoms with E-state index in [0.717, 1.165) is 48.9 Å². The predicted molar refractivity (Wildman–Crippen MR) is 66.0 cm³/mol. The molecule has 0 bridgehead atoms. The molecule has 0 aliphatic heterocycles. The van der Waals surface area contributed by atoms with Gasteiger partial charge in [0.15, 0.2) is 0 Å². The molecule has 5 heteroatoms. The van der Waals surface area contributed by atoms with Crippen LogP contribution in [0.2, 0.25) is 5.02 Å². The van der Waals surface area contributed by atoms with Gasteiger partial charge in [-0.25, -0.2) is 0 Å². The van der Waals surface area contributed by atoms with Gasteiger partial charge < -0.3 is 10.1 Å². The molecule has 0 atom stereocenters. The van der Waals surface area contributed by atoms with Crippen LogP contribution in [0.4, 0.5) is 0 Å². The largest absolute Gasteiger partial charge is 0.383 e. The molecule has 0 aliphatic rings. The minimum atomic E-state index is 0.756. The third-order valence-electron chi connectivity index (χ3n) is 2.51. The van der Waals surface area contributed by atoms with E-state index in [0.29, 0.717) is 0 Å². The molecule has 0 spiro atoms. The predicted octanol–water partition coefficient (Wildman–Crippen LogP) is 1.55. The Morgan fingerprint density at radius 1 is 1.44 bits per heavy atom. The van der Waals surface area contributed by atoms with E-state index in [1.807, 2.05) is 18.7 Å². The molecule has 1 aromatic rings. The van der Waals surface area contributed by atoms with Crippen molar-refractivity contribution < 1.29 is 4.74 Å². The number of hydrogen-bond acceptors (Lipinski definition) is 3. The van der Waals surface area contributed by atoms with Crippen LogP contribution in [0.25, 0.3) is 0 Å². The van der Waals surface area contributed by atoms with Crippen molar-refractivity contribution in [1.29, 1.82) is 0 Å². The maximum atomic E-state index is 6.15. The first-order chi connectivity index (χ1) is 7.66. The summed E-state index contributed by atoms with van der Waals surface area (Å²) in [7, 11) is 3.65. The number of aromatic nitrogens is 2. The lowest BCUT2D eigenvalue weighted by Crippen LogP contribution is -2.20. The van der Waals surface area contributed by atoms with E-state index < -0.39 is 0 Å². The van der Waals surface area contributed by atoms with Gasteiger partial charge in [-0.2, -0.15) is 5.10 Å². The fourth-order valence-electron chi connectivity index (χ4n) is 1.63. The first-order valence-corrected chi connectivity index (χ1v) is 5.92. The van der Waals surface area contributed by atoms with Gasteiger partial charge in [0.1, 0.15) is 0 Å². The van der Waals surface area contributed by atoms with Crippen LogP contribution in [0.1, 0.15) is 17.8 Å². The lowest BCUT2D eigenvalue weighted by Gasteiger charge is -2.05. The minimum absolute atomic E-state index is 0.756. The van der Waals surface area contributed by atoms with Gasteiger partial charge in [-0.3, -0.25) is 4.68 Å². The molecule has 1 aromatic heterocycles. The Morgan fingerprint density at radius 2 is 2.19 bits per heavy atom. The van der Waals surface area contributed by atoms with Crippen LogP contribution >= 0.6 is 11.6 Å². The van der Waals surface area contributed by atoms with Crippen molar-refractivity contribution in [2.45, 2.75) is 19.8 Å². The standard InChI is InChI=1S/C11H20ClN3O/c1-9-11(12)10(15(2)14-9)5-4-6-13-7-8-16-3/h13H,4-8H2,1-3H3. The van der Waals surface area contributed by atoms with E-state index in [9.17, 15) is 0 Å². The summed E-state index contributed by atoms with van der Waals surface area (Å²) in [6.07, 6.45) is 2.01. The van der Waals surface area contributed by atoms with Crippen LogP contribution in [0.5, 0.6) is 0 Å². The van der Waals surface area contributed by atoms with Crippen LogP contribution in [0.3, 0.4) is 0 Å². The number of methoxy groups -OCH3 is 1. The van der Waals surface area contributed by atoms with Crippen LogP contribution < -0.4 is 5.32 Å². The Balaban J connectivity index is 2.26. The second-order valence-corrected chi connectivity index (χ2v) is 4.19. The number of rotatable bonds is 7. The summed E-state index contributed by atoms with van der Waals surface area (Å²) in [4.78, 5) is 0. The maximum absolute atomic E-state index is 6.15. The Kier molecular flexibility index (Phi) is 5.80.